The Labute approximate surface area is 154 Å². The van der Waals surface area contributed by atoms with Crippen LogP contribution in [0.3, 0.4) is 0 Å². The van der Waals surface area contributed by atoms with Crippen molar-refractivity contribution in [3.8, 4) is 11.4 Å². The molecule has 2 heterocycles. The fourth-order valence-electron chi connectivity index (χ4n) is 2.14. The molecule has 0 aliphatic rings. The SMILES string of the molecule is Cn1cc(-c2noc(CNC(=O)CNC(=O)OCc3ccccc3)n2)cn1. The number of amides is 2. The minimum absolute atomic E-state index is 0.0485. The summed E-state index contributed by atoms with van der Waals surface area (Å²) in [5.41, 5.74) is 1.57. The molecular formula is C17H18N6O4. The highest BCUT2D eigenvalue weighted by Crippen LogP contribution is 2.13. The molecule has 140 valence electrons. The van der Waals surface area contributed by atoms with Gasteiger partial charge in [0, 0.05) is 13.2 Å². The van der Waals surface area contributed by atoms with Crippen LogP contribution < -0.4 is 10.6 Å². The predicted octanol–water partition coefficient (Wildman–Crippen LogP) is 1.01. The molecule has 3 rings (SSSR count). The van der Waals surface area contributed by atoms with Gasteiger partial charge < -0.3 is 19.9 Å². The molecule has 0 saturated heterocycles. The molecule has 0 fully saturated rings. The number of hydrogen-bond donors (Lipinski definition) is 2. The lowest BCUT2D eigenvalue weighted by atomic mass is 10.2. The Morgan fingerprint density at radius 3 is 2.78 bits per heavy atom. The summed E-state index contributed by atoms with van der Waals surface area (Å²) < 4.78 is 11.7. The number of aromatic nitrogens is 4. The number of carbonyl (C=O) groups is 2. The van der Waals surface area contributed by atoms with E-state index in [0.717, 1.165) is 5.56 Å². The zero-order valence-electron chi connectivity index (χ0n) is 14.6. The first-order valence-electron chi connectivity index (χ1n) is 8.13. The van der Waals surface area contributed by atoms with Crippen molar-refractivity contribution in [3.05, 3.63) is 54.2 Å². The van der Waals surface area contributed by atoms with E-state index in [0.29, 0.717) is 11.4 Å². The van der Waals surface area contributed by atoms with Crippen LogP contribution in [0.2, 0.25) is 0 Å². The average molecular weight is 370 g/mol. The van der Waals surface area contributed by atoms with Crippen LogP contribution in [0.25, 0.3) is 11.4 Å². The number of benzene rings is 1. The summed E-state index contributed by atoms with van der Waals surface area (Å²) in [6.07, 6.45) is 2.68. The number of nitrogens with one attached hydrogen (secondary N) is 2. The van der Waals surface area contributed by atoms with E-state index in [1.807, 2.05) is 30.3 Å². The highest BCUT2D eigenvalue weighted by atomic mass is 16.5. The molecule has 27 heavy (non-hydrogen) atoms. The second-order valence-corrected chi connectivity index (χ2v) is 5.61. The van der Waals surface area contributed by atoms with Crippen LogP contribution in [0.1, 0.15) is 11.5 Å². The molecule has 0 bridgehead atoms. The van der Waals surface area contributed by atoms with Crippen molar-refractivity contribution in [2.24, 2.45) is 7.05 Å². The van der Waals surface area contributed by atoms with Gasteiger partial charge in [-0.25, -0.2) is 4.79 Å². The van der Waals surface area contributed by atoms with Gasteiger partial charge in [0.2, 0.25) is 17.6 Å². The summed E-state index contributed by atoms with van der Waals surface area (Å²) in [4.78, 5) is 27.6. The van der Waals surface area contributed by atoms with E-state index in [4.69, 9.17) is 9.26 Å². The average Bonchev–Trinajstić information content (AvgIpc) is 3.32. The van der Waals surface area contributed by atoms with E-state index in [9.17, 15) is 9.59 Å². The molecule has 3 aromatic rings. The number of nitrogens with zero attached hydrogens (tertiary/aromatic N) is 4. The topological polar surface area (TPSA) is 124 Å². The van der Waals surface area contributed by atoms with Gasteiger partial charge in [-0.3, -0.25) is 9.48 Å². The maximum Gasteiger partial charge on any atom is 0.407 e. The molecule has 0 saturated carbocycles. The summed E-state index contributed by atoms with van der Waals surface area (Å²) in [6.45, 7) is -0.0442. The fraction of sp³-hybridized carbons (Fsp3) is 0.235. The standard InChI is InChI=1S/C17H18N6O4/c1-23-10-13(7-20-23)16-21-15(27-22-16)9-18-14(24)8-19-17(25)26-11-12-5-3-2-4-6-12/h2-7,10H,8-9,11H2,1H3,(H,18,24)(H,19,25). The number of ether oxygens (including phenoxy) is 1. The summed E-state index contributed by atoms with van der Waals surface area (Å²) >= 11 is 0. The first kappa shape index (κ1) is 18.1. The Kier molecular flexibility index (Phi) is 5.77. The van der Waals surface area contributed by atoms with Gasteiger partial charge in [0.05, 0.1) is 18.3 Å². The molecule has 0 aliphatic heterocycles. The number of hydrogen-bond acceptors (Lipinski definition) is 7. The lowest BCUT2D eigenvalue weighted by molar-refractivity contribution is -0.120. The zero-order valence-corrected chi connectivity index (χ0v) is 14.6. The lowest BCUT2D eigenvalue weighted by Crippen LogP contribution is -2.36. The first-order valence-corrected chi connectivity index (χ1v) is 8.13. The molecule has 2 N–H and O–H groups in total. The lowest BCUT2D eigenvalue weighted by Gasteiger charge is -2.07. The van der Waals surface area contributed by atoms with Gasteiger partial charge in [0.1, 0.15) is 13.2 Å². The molecule has 0 spiro atoms. The van der Waals surface area contributed by atoms with Crippen LogP contribution in [0.15, 0.2) is 47.2 Å². The predicted molar refractivity (Wildman–Crippen MR) is 93.0 cm³/mol. The molecule has 0 unspecified atom stereocenters. The van der Waals surface area contributed by atoms with Crippen LogP contribution in [0.4, 0.5) is 4.79 Å². The van der Waals surface area contributed by atoms with Crippen LogP contribution in [-0.2, 0) is 29.7 Å². The third kappa shape index (κ3) is 5.39. The minimum Gasteiger partial charge on any atom is -0.445 e. The second kappa shape index (κ2) is 8.61. The number of alkyl carbamates (subject to hydrolysis) is 1. The highest BCUT2D eigenvalue weighted by molar-refractivity contribution is 5.81. The van der Waals surface area contributed by atoms with Crippen molar-refractivity contribution >= 4 is 12.0 Å². The molecule has 2 amide bonds. The van der Waals surface area contributed by atoms with Gasteiger partial charge in [0.25, 0.3) is 0 Å². The summed E-state index contributed by atoms with van der Waals surface area (Å²) in [6, 6.07) is 9.24. The number of aryl methyl sites for hydroxylation is 1. The Balaban J connectivity index is 1.37. The molecule has 2 aromatic heterocycles. The van der Waals surface area contributed by atoms with E-state index in [1.54, 1.807) is 24.1 Å². The Hall–Kier alpha value is -3.69. The third-order valence-electron chi connectivity index (χ3n) is 3.47. The van der Waals surface area contributed by atoms with E-state index < -0.39 is 12.0 Å². The quantitative estimate of drug-likeness (QED) is 0.636. The van der Waals surface area contributed by atoms with Crippen molar-refractivity contribution in [1.82, 2.24) is 30.6 Å². The van der Waals surface area contributed by atoms with Crippen molar-refractivity contribution < 1.29 is 18.8 Å². The van der Waals surface area contributed by atoms with Gasteiger partial charge in [-0.1, -0.05) is 35.5 Å². The summed E-state index contributed by atoms with van der Waals surface area (Å²) in [5, 5.41) is 12.8. The van der Waals surface area contributed by atoms with Gasteiger partial charge in [-0.15, -0.1) is 0 Å². The molecule has 10 nitrogen and oxygen atoms in total. The maximum atomic E-state index is 11.8. The maximum absolute atomic E-state index is 11.8. The van der Waals surface area contributed by atoms with Crippen molar-refractivity contribution in [2.45, 2.75) is 13.2 Å². The third-order valence-corrected chi connectivity index (χ3v) is 3.47. The van der Waals surface area contributed by atoms with Crippen LogP contribution >= 0.6 is 0 Å². The van der Waals surface area contributed by atoms with E-state index in [1.165, 1.54) is 0 Å². The molecule has 0 atom stereocenters. The number of rotatable bonds is 7. The minimum atomic E-state index is -0.675. The van der Waals surface area contributed by atoms with E-state index in [-0.39, 0.29) is 25.6 Å². The molecule has 0 aliphatic carbocycles. The van der Waals surface area contributed by atoms with Gasteiger partial charge in [0.15, 0.2) is 0 Å². The summed E-state index contributed by atoms with van der Waals surface area (Å²) in [7, 11) is 1.78. The largest absolute Gasteiger partial charge is 0.445 e. The molecule has 10 heteroatoms. The second-order valence-electron chi connectivity index (χ2n) is 5.61. The zero-order chi connectivity index (χ0) is 19.1. The van der Waals surface area contributed by atoms with Crippen molar-refractivity contribution in [3.63, 3.8) is 0 Å². The van der Waals surface area contributed by atoms with Crippen molar-refractivity contribution in [1.29, 1.82) is 0 Å². The Bertz CT molecular complexity index is 905. The smallest absolute Gasteiger partial charge is 0.407 e. The van der Waals surface area contributed by atoms with Crippen molar-refractivity contribution in [2.75, 3.05) is 6.54 Å². The molecular weight excluding hydrogens is 352 g/mol. The van der Waals surface area contributed by atoms with Crippen LogP contribution in [-0.4, -0.2) is 38.5 Å². The van der Waals surface area contributed by atoms with Crippen LogP contribution in [0.5, 0.6) is 0 Å². The van der Waals surface area contributed by atoms with Gasteiger partial charge in [-0.05, 0) is 5.56 Å². The monoisotopic (exact) mass is 370 g/mol. The van der Waals surface area contributed by atoms with Crippen LogP contribution in [0, 0.1) is 0 Å². The number of carbonyl (C=O) groups excluding carboxylic acids is 2. The normalized spacial score (nSPS) is 10.4. The summed E-state index contributed by atoms with van der Waals surface area (Å²) in [5.74, 6) is 0.219. The van der Waals surface area contributed by atoms with E-state index in [2.05, 4.69) is 25.9 Å². The molecule has 1 aromatic carbocycles. The Morgan fingerprint density at radius 1 is 1.22 bits per heavy atom. The Morgan fingerprint density at radius 2 is 2.04 bits per heavy atom. The van der Waals surface area contributed by atoms with Gasteiger partial charge >= 0.3 is 6.09 Å². The van der Waals surface area contributed by atoms with Gasteiger partial charge in [-0.2, -0.15) is 10.1 Å². The molecule has 0 radical (unpaired) electrons. The fourth-order valence-corrected chi connectivity index (χ4v) is 2.14. The highest BCUT2D eigenvalue weighted by Gasteiger charge is 2.12. The first-order chi connectivity index (χ1) is 13.1. The van der Waals surface area contributed by atoms with E-state index >= 15 is 0 Å².